The molecule has 4 N–H and O–H groups in total. The molecule has 0 aliphatic heterocycles. The van der Waals surface area contributed by atoms with E-state index in [1.54, 1.807) is 12.3 Å². The number of carbonyl (C=O) groups excluding carboxylic acids is 1. The van der Waals surface area contributed by atoms with E-state index in [4.69, 9.17) is 5.73 Å². The fourth-order valence-electron chi connectivity index (χ4n) is 2.98. The van der Waals surface area contributed by atoms with Gasteiger partial charge in [-0.05, 0) is 49.1 Å². The number of aryl methyl sites for hydroxylation is 2. The van der Waals surface area contributed by atoms with E-state index in [9.17, 15) is 19.2 Å². The molecule has 0 radical (unpaired) electrons. The summed E-state index contributed by atoms with van der Waals surface area (Å²) in [5.74, 6) is -0.274. The number of nitrogens with two attached hydrogens (primary N) is 1. The molecule has 0 bridgehead atoms. The van der Waals surface area contributed by atoms with Gasteiger partial charge in [0.1, 0.15) is 23.3 Å². The zero-order valence-electron chi connectivity index (χ0n) is 16.2. The van der Waals surface area contributed by atoms with Crippen molar-refractivity contribution in [3.05, 3.63) is 75.6 Å². The van der Waals surface area contributed by atoms with Crippen LogP contribution in [-0.4, -0.2) is 27.2 Å². The molecular formula is C21H21FN6O2. The molecular weight excluding hydrogens is 387 g/mol. The lowest BCUT2D eigenvalue weighted by molar-refractivity contribution is -0.121. The number of aromatic nitrogens is 3. The summed E-state index contributed by atoms with van der Waals surface area (Å²) < 4.78 is 14.5. The van der Waals surface area contributed by atoms with Gasteiger partial charge in [0.2, 0.25) is 11.5 Å². The summed E-state index contributed by atoms with van der Waals surface area (Å²) in [5, 5.41) is 16.6. The number of hydrogen-bond acceptors (Lipinski definition) is 5. The Morgan fingerprint density at radius 1 is 1.23 bits per heavy atom. The third kappa shape index (κ3) is 5.11. The van der Waals surface area contributed by atoms with Crippen LogP contribution in [0.25, 0.3) is 5.69 Å². The Kier molecular flexibility index (Phi) is 6.60. The van der Waals surface area contributed by atoms with E-state index >= 15 is 0 Å². The molecule has 0 saturated heterocycles. The second-order valence-corrected chi connectivity index (χ2v) is 6.72. The van der Waals surface area contributed by atoms with Crippen LogP contribution < -0.4 is 16.6 Å². The SMILES string of the molecule is N#Cc1c(CCCNC(=O)CCc2ccc(=O)[nH]c2)nn(-c2ccc(F)cc2)c1N. The number of nitrogen functional groups attached to an aromatic ring is 1. The van der Waals surface area contributed by atoms with Gasteiger partial charge in [-0.25, -0.2) is 9.07 Å². The summed E-state index contributed by atoms with van der Waals surface area (Å²) in [6.07, 6.45) is 3.47. The number of carbonyl (C=O) groups is 1. The van der Waals surface area contributed by atoms with Gasteiger partial charge in [0, 0.05) is 25.2 Å². The van der Waals surface area contributed by atoms with Crippen LogP contribution in [0, 0.1) is 17.1 Å². The van der Waals surface area contributed by atoms with E-state index in [2.05, 4.69) is 21.5 Å². The minimum Gasteiger partial charge on any atom is -0.382 e. The smallest absolute Gasteiger partial charge is 0.247 e. The molecule has 0 aliphatic carbocycles. The standard InChI is InChI=1S/C21H21FN6O2/c22-15-5-7-16(8-6-15)28-21(24)17(12-23)18(27-28)2-1-11-25-19(29)9-3-14-4-10-20(30)26-13-14/h4-8,10,13H,1-3,9,11,24H2,(H,25,29)(H,26,30). The highest BCUT2D eigenvalue weighted by Gasteiger charge is 2.16. The first-order chi connectivity index (χ1) is 14.5. The van der Waals surface area contributed by atoms with Gasteiger partial charge < -0.3 is 16.0 Å². The van der Waals surface area contributed by atoms with E-state index in [-0.39, 0.29) is 28.7 Å². The topological polar surface area (TPSA) is 130 Å². The lowest BCUT2D eigenvalue weighted by Gasteiger charge is -2.05. The Morgan fingerprint density at radius 2 is 2.00 bits per heavy atom. The normalized spacial score (nSPS) is 10.5. The molecule has 1 aromatic carbocycles. The van der Waals surface area contributed by atoms with Crippen molar-refractivity contribution < 1.29 is 9.18 Å². The van der Waals surface area contributed by atoms with E-state index in [0.717, 1.165) is 5.56 Å². The maximum Gasteiger partial charge on any atom is 0.247 e. The number of amides is 1. The number of halogens is 1. The number of hydrogen-bond donors (Lipinski definition) is 3. The van der Waals surface area contributed by atoms with Crippen LogP contribution in [0.5, 0.6) is 0 Å². The summed E-state index contributed by atoms with van der Waals surface area (Å²) >= 11 is 0. The van der Waals surface area contributed by atoms with Crippen molar-refractivity contribution in [1.82, 2.24) is 20.1 Å². The highest BCUT2D eigenvalue weighted by molar-refractivity contribution is 5.76. The van der Waals surface area contributed by atoms with Gasteiger partial charge in [0.05, 0.1) is 11.4 Å². The van der Waals surface area contributed by atoms with Crippen LogP contribution in [0.4, 0.5) is 10.2 Å². The molecule has 1 amide bonds. The lowest BCUT2D eigenvalue weighted by Crippen LogP contribution is -2.25. The van der Waals surface area contributed by atoms with Gasteiger partial charge in [-0.15, -0.1) is 0 Å². The van der Waals surface area contributed by atoms with Crippen molar-refractivity contribution in [1.29, 1.82) is 5.26 Å². The molecule has 3 rings (SSSR count). The Balaban J connectivity index is 1.52. The summed E-state index contributed by atoms with van der Waals surface area (Å²) in [4.78, 5) is 25.6. The number of anilines is 1. The second-order valence-electron chi connectivity index (χ2n) is 6.72. The van der Waals surface area contributed by atoms with Gasteiger partial charge in [0.25, 0.3) is 0 Å². The van der Waals surface area contributed by atoms with Gasteiger partial charge in [-0.2, -0.15) is 10.4 Å². The lowest BCUT2D eigenvalue weighted by atomic mass is 10.1. The third-order valence-corrected chi connectivity index (χ3v) is 4.58. The first-order valence-electron chi connectivity index (χ1n) is 9.45. The van der Waals surface area contributed by atoms with Crippen LogP contribution in [0.2, 0.25) is 0 Å². The highest BCUT2D eigenvalue weighted by atomic mass is 19.1. The Labute approximate surface area is 172 Å². The Bertz CT molecular complexity index is 1110. The number of nitriles is 1. The van der Waals surface area contributed by atoms with Crippen molar-refractivity contribution in [3.8, 4) is 11.8 Å². The van der Waals surface area contributed by atoms with Gasteiger partial charge in [-0.3, -0.25) is 9.59 Å². The second kappa shape index (κ2) is 9.52. The average molecular weight is 408 g/mol. The zero-order valence-corrected chi connectivity index (χ0v) is 16.2. The number of rotatable bonds is 8. The van der Waals surface area contributed by atoms with E-state index < -0.39 is 0 Å². The van der Waals surface area contributed by atoms with Crippen molar-refractivity contribution in [2.45, 2.75) is 25.7 Å². The minimum atomic E-state index is -0.374. The fourth-order valence-corrected chi connectivity index (χ4v) is 2.98. The Hall–Kier alpha value is -3.93. The molecule has 0 aliphatic rings. The molecule has 2 aromatic heterocycles. The fraction of sp³-hybridized carbons (Fsp3) is 0.238. The predicted molar refractivity (Wildman–Crippen MR) is 109 cm³/mol. The molecule has 0 spiro atoms. The van der Waals surface area contributed by atoms with Gasteiger partial charge in [-0.1, -0.05) is 6.07 Å². The molecule has 0 atom stereocenters. The molecule has 9 heteroatoms. The molecule has 0 unspecified atom stereocenters. The minimum absolute atomic E-state index is 0.0990. The summed E-state index contributed by atoms with van der Waals surface area (Å²) in [6, 6.07) is 10.8. The van der Waals surface area contributed by atoms with Crippen LogP contribution in [0.3, 0.4) is 0 Å². The molecule has 30 heavy (non-hydrogen) atoms. The quantitative estimate of drug-likeness (QED) is 0.490. The average Bonchev–Trinajstić information content (AvgIpc) is 3.06. The van der Waals surface area contributed by atoms with Crippen LogP contribution in [-0.2, 0) is 17.6 Å². The van der Waals surface area contributed by atoms with E-state index in [0.29, 0.717) is 43.6 Å². The Morgan fingerprint density at radius 3 is 2.67 bits per heavy atom. The van der Waals surface area contributed by atoms with E-state index in [1.165, 1.54) is 35.0 Å². The largest absolute Gasteiger partial charge is 0.382 e. The van der Waals surface area contributed by atoms with Gasteiger partial charge >= 0.3 is 0 Å². The molecule has 2 heterocycles. The number of nitrogens with one attached hydrogen (secondary N) is 2. The molecule has 154 valence electrons. The van der Waals surface area contributed by atoms with Crippen LogP contribution >= 0.6 is 0 Å². The number of H-pyrrole nitrogens is 1. The monoisotopic (exact) mass is 408 g/mol. The van der Waals surface area contributed by atoms with Gasteiger partial charge in [0.15, 0.2) is 0 Å². The molecule has 8 nitrogen and oxygen atoms in total. The first-order valence-corrected chi connectivity index (χ1v) is 9.45. The van der Waals surface area contributed by atoms with Crippen LogP contribution in [0.1, 0.15) is 29.7 Å². The maximum absolute atomic E-state index is 13.1. The maximum atomic E-state index is 13.1. The molecule has 0 fully saturated rings. The summed E-state index contributed by atoms with van der Waals surface area (Å²) in [7, 11) is 0. The van der Waals surface area contributed by atoms with Crippen molar-refractivity contribution in [3.63, 3.8) is 0 Å². The highest BCUT2D eigenvalue weighted by Crippen LogP contribution is 2.21. The predicted octanol–water partition coefficient (Wildman–Crippen LogP) is 1.84. The zero-order chi connectivity index (χ0) is 21.5. The van der Waals surface area contributed by atoms with E-state index in [1.807, 2.05) is 0 Å². The number of benzene rings is 1. The summed E-state index contributed by atoms with van der Waals surface area (Å²) in [6.45, 7) is 0.429. The van der Waals surface area contributed by atoms with Crippen molar-refractivity contribution in [2.75, 3.05) is 12.3 Å². The first kappa shape index (κ1) is 20.8. The van der Waals surface area contributed by atoms with Crippen molar-refractivity contribution in [2.24, 2.45) is 0 Å². The molecule has 3 aromatic rings. The molecule has 0 saturated carbocycles. The number of nitrogens with zero attached hydrogens (tertiary/aromatic N) is 3. The van der Waals surface area contributed by atoms with Crippen LogP contribution in [0.15, 0.2) is 47.4 Å². The van der Waals surface area contributed by atoms with Crippen molar-refractivity contribution >= 4 is 11.7 Å². The summed E-state index contributed by atoms with van der Waals surface area (Å²) in [5.41, 5.74) is 8.11. The number of aromatic amines is 1. The number of pyridine rings is 1. The third-order valence-electron chi connectivity index (χ3n) is 4.58.